The van der Waals surface area contributed by atoms with Crippen LogP contribution < -0.4 is 0 Å². The molecule has 2 aliphatic carbocycles. The fourth-order valence-corrected chi connectivity index (χ4v) is 6.30. The lowest BCUT2D eigenvalue weighted by atomic mass is 9.71. The fraction of sp³-hybridized carbons (Fsp3) is 1.00. The van der Waals surface area contributed by atoms with Crippen LogP contribution in [-0.2, 0) is 18.9 Å². The Balaban J connectivity index is 1.28. The van der Waals surface area contributed by atoms with E-state index in [1.807, 2.05) is 0 Å². The first-order valence-corrected chi connectivity index (χ1v) is 12.8. The summed E-state index contributed by atoms with van der Waals surface area (Å²) in [6, 6.07) is 0. The summed E-state index contributed by atoms with van der Waals surface area (Å²) in [5.41, 5.74) is 0.578. The Morgan fingerprint density at radius 1 is 0.625 bits per heavy atom. The van der Waals surface area contributed by atoms with Crippen molar-refractivity contribution >= 4 is 0 Å². The molecule has 6 heteroatoms. The van der Waals surface area contributed by atoms with Crippen molar-refractivity contribution < 1.29 is 29.2 Å². The Kier molecular flexibility index (Phi) is 6.81. The van der Waals surface area contributed by atoms with Gasteiger partial charge < -0.3 is 29.2 Å². The molecule has 0 radical (unpaired) electrons. The average molecular weight is 455 g/mol. The molecule has 2 saturated carbocycles. The van der Waals surface area contributed by atoms with Gasteiger partial charge in [-0.05, 0) is 48.3 Å². The first kappa shape index (κ1) is 24.9. The maximum absolute atomic E-state index is 10.9. The number of hydrogen-bond donors (Lipinski definition) is 2. The highest BCUT2D eigenvalue weighted by Crippen LogP contribution is 2.48. The summed E-state index contributed by atoms with van der Waals surface area (Å²) in [6.45, 7) is 14.4. The predicted octanol–water partition coefficient (Wildman–Crippen LogP) is 4.40. The van der Waals surface area contributed by atoms with Crippen LogP contribution in [0.1, 0.15) is 92.9 Å². The summed E-state index contributed by atoms with van der Waals surface area (Å²) < 4.78 is 24.7. The van der Waals surface area contributed by atoms with E-state index in [1.54, 1.807) is 0 Å². The molecule has 4 aliphatic rings. The molecule has 4 rings (SSSR count). The molecular weight excluding hydrogens is 408 g/mol. The molecule has 2 aliphatic heterocycles. The molecular formula is C26H46O6. The molecule has 4 atom stereocenters. The van der Waals surface area contributed by atoms with Gasteiger partial charge in [-0.1, -0.05) is 41.5 Å². The van der Waals surface area contributed by atoms with Crippen LogP contribution in [0, 0.1) is 22.7 Å². The molecule has 4 fully saturated rings. The van der Waals surface area contributed by atoms with Gasteiger partial charge in [0.2, 0.25) is 0 Å². The quantitative estimate of drug-likeness (QED) is 0.658. The number of aliphatic hydroxyl groups excluding tert-OH is 2. The maximum atomic E-state index is 10.9. The molecule has 186 valence electrons. The Labute approximate surface area is 194 Å². The van der Waals surface area contributed by atoms with Gasteiger partial charge in [-0.2, -0.15) is 0 Å². The van der Waals surface area contributed by atoms with Gasteiger partial charge >= 0.3 is 0 Å². The second kappa shape index (κ2) is 8.76. The van der Waals surface area contributed by atoms with Crippen LogP contribution in [0.3, 0.4) is 0 Å². The zero-order valence-electron chi connectivity index (χ0n) is 21.1. The van der Waals surface area contributed by atoms with E-state index in [9.17, 15) is 10.2 Å². The second-order valence-electron chi connectivity index (χ2n) is 13.0. The molecule has 2 heterocycles. The smallest absolute Gasteiger partial charge is 0.169 e. The summed E-state index contributed by atoms with van der Waals surface area (Å²) in [7, 11) is 0. The van der Waals surface area contributed by atoms with Crippen LogP contribution in [0.25, 0.3) is 0 Å². The van der Waals surface area contributed by atoms with Crippen molar-refractivity contribution in [1.82, 2.24) is 0 Å². The first-order chi connectivity index (χ1) is 14.8. The van der Waals surface area contributed by atoms with E-state index in [2.05, 4.69) is 41.5 Å². The van der Waals surface area contributed by atoms with E-state index in [0.717, 1.165) is 51.4 Å². The summed E-state index contributed by atoms with van der Waals surface area (Å²) in [5.74, 6) is 0.103. The lowest BCUT2D eigenvalue weighted by Gasteiger charge is -2.41. The molecule has 2 saturated heterocycles. The number of ether oxygens (including phenoxy) is 4. The van der Waals surface area contributed by atoms with Crippen LogP contribution in [0.4, 0.5) is 0 Å². The third kappa shape index (κ3) is 5.06. The molecule has 6 nitrogen and oxygen atoms in total. The summed E-state index contributed by atoms with van der Waals surface area (Å²) in [5, 5.41) is 21.8. The molecule has 0 unspecified atom stereocenters. The molecule has 2 spiro atoms. The highest BCUT2D eigenvalue weighted by atomic mass is 16.8. The summed E-state index contributed by atoms with van der Waals surface area (Å²) in [6.07, 6.45) is 4.45. The summed E-state index contributed by atoms with van der Waals surface area (Å²) in [4.78, 5) is 0. The minimum absolute atomic E-state index is 0.289. The second-order valence-corrected chi connectivity index (χ2v) is 13.0. The van der Waals surface area contributed by atoms with Gasteiger partial charge in [-0.15, -0.1) is 0 Å². The van der Waals surface area contributed by atoms with E-state index in [1.165, 1.54) is 0 Å². The van der Waals surface area contributed by atoms with Crippen molar-refractivity contribution in [2.24, 2.45) is 22.7 Å². The van der Waals surface area contributed by atoms with Crippen molar-refractivity contribution in [3.63, 3.8) is 0 Å². The third-order valence-electron chi connectivity index (χ3n) is 8.81. The minimum Gasteiger partial charge on any atom is -0.387 e. The number of rotatable bonds is 3. The Morgan fingerprint density at radius 2 is 0.938 bits per heavy atom. The largest absolute Gasteiger partial charge is 0.387 e. The Hall–Kier alpha value is -0.240. The molecule has 0 bridgehead atoms. The van der Waals surface area contributed by atoms with Crippen molar-refractivity contribution in [1.29, 1.82) is 0 Å². The third-order valence-corrected chi connectivity index (χ3v) is 8.81. The van der Waals surface area contributed by atoms with Crippen LogP contribution in [0.5, 0.6) is 0 Å². The lowest BCUT2D eigenvalue weighted by Crippen LogP contribution is -2.48. The zero-order valence-corrected chi connectivity index (χ0v) is 21.1. The first-order valence-electron chi connectivity index (χ1n) is 12.8. The van der Waals surface area contributed by atoms with Gasteiger partial charge in [0.25, 0.3) is 0 Å². The predicted molar refractivity (Wildman–Crippen MR) is 122 cm³/mol. The molecule has 0 aromatic heterocycles. The normalized spacial score (nSPS) is 43.1. The van der Waals surface area contributed by atoms with E-state index in [0.29, 0.717) is 25.0 Å². The Bertz CT molecular complexity index is 578. The standard InChI is InChI=1S/C26H46O6/c1-23(2,3)17-7-11-25(12-8-17)29-15-19(31-25)21(27)22(28)20-16-30-26(32-20)13-9-18(10-14-26)24(4,5)6/h17-22,27-28H,7-16H2,1-6H3/t17?,18?,19-,20-,21-,22-,25?,26?/m0/s1. The van der Waals surface area contributed by atoms with Crippen molar-refractivity contribution in [3.05, 3.63) is 0 Å². The highest BCUT2D eigenvalue weighted by molar-refractivity contribution is 4.95. The number of hydrogen-bond acceptors (Lipinski definition) is 6. The molecule has 0 aromatic rings. The van der Waals surface area contributed by atoms with Gasteiger partial charge in [-0.3, -0.25) is 0 Å². The van der Waals surface area contributed by atoms with Crippen LogP contribution in [0.2, 0.25) is 0 Å². The van der Waals surface area contributed by atoms with Gasteiger partial charge in [0.05, 0.1) is 13.2 Å². The average Bonchev–Trinajstić information content (AvgIpc) is 3.31. The lowest BCUT2D eigenvalue weighted by molar-refractivity contribution is -0.224. The van der Waals surface area contributed by atoms with Crippen molar-refractivity contribution in [3.8, 4) is 0 Å². The molecule has 0 amide bonds. The molecule has 0 aromatic carbocycles. The van der Waals surface area contributed by atoms with Gasteiger partial charge in [0, 0.05) is 25.7 Å². The van der Waals surface area contributed by atoms with E-state index in [4.69, 9.17) is 18.9 Å². The SMILES string of the molecule is CC(C)(C)C1CCC2(CC1)OC[C@@H]([C@H](O)[C@@H](O)[C@@H]1COC3(CCC(C(C)(C)C)CC3)O1)O2. The van der Waals surface area contributed by atoms with Crippen molar-refractivity contribution in [2.75, 3.05) is 13.2 Å². The van der Waals surface area contributed by atoms with E-state index < -0.39 is 36.0 Å². The van der Waals surface area contributed by atoms with Gasteiger partial charge in [-0.25, -0.2) is 0 Å². The van der Waals surface area contributed by atoms with Crippen molar-refractivity contribution in [2.45, 2.75) is 129 Å². The fourth-order valence-electron chi connectivity index (χ4n) is 6.30. The highest BCUT2D eigenvalue weighted by Gasteiger charge is 2.52. The van der Waals surface area contributed by atoms with Crippen LogP contribution in [-0.4, -0.2) is 59.4 Å². The molecule has 2 N–H and O–H groups in total. The van der Waals surface area contributed by atoms with Gasteiger partial charge in [0.1, 0.15) is 24.4 Å². The zero-order chi connectivity index (χ0) is 23.4. The van der Waals surface area contributed by atoms with E-state index in [-0.39, 0.29) is 10.8 Å². The molecule has 32 heavy (non-hydrogen) atoms. The number of aliphatic hydroxyl groups is 2. The monoisotopic (exact) mass is 454 g/mol. The maximum Gasteiger partial charge on any atom is 0.169 e. The van der Waals surface area contributed by atoms with Gasteiger partial charge in [0.15, 0.2) is 11.6 Å². The topological polar surface area (TPSA) is 77.4 Å². The van der Waals surface area contributed by atoms with Crippen LogP contribution >= 0.6 is 0 Å². The van der Waals surface area contributed by atoms with E-state index >= 15 is 0 Å². The summed E-state index contributed by atoms with van der Waals surface area (Å²) >= 11 is 0. The minimum atomic E-state index is -1.05. The Morgan fingerprint density at radius 3 is 1.22 bits per heavy atom. The van der Waals surface area contributed by atoms with Crippen LogP contribution in [0.15, 0.2) is 0 Å².